The smallest absolute Gasteiger partial charge is 0.254 e. The molecule has 1 aliphatic carbocycles. The van der Waals surface area contributed by atoms with E-state index >= 15 is 0 Å². The number of tetrazole rings is 1. The van der Waals surface area contributed by atoms with Crippen LogP contribution < -0.4 is 5.32 Å². The zero-order valence-corrected chi connectivity index (χ0v) is 15.6. The fourth-order valence-corrected chi connectivity index (χ4v) is 4.92. The zero-order chi connectivity index (χ0) is 17.8. The zero-order valence-electron chi connectivity index (χ0n) is 14.8. The molecule has 1 amide bonds. The van der Waals surface area contributed by atoms with Crippen molar-refractivity contribution in [2.45, 2.75) is 32.1 Å². The van der Waals surface area contributed by atoms with Gasteiger partial charge in [0, 0.05) is 24.5 Å². The van der Waals surface area contributed by atoms with Crippen molar-refractivity contribution in [1.29, 1.82) is 0 Å². The fraction of sp³-hybridized carbons (Fsp3) is 0.647. The summed E-state index contributed by atoms with van der Waals surface area (Å²) in [5.74, 6) is -0.00289. The first-order valence-electron chi connectivity index (χ1n) is 9.29. The summed E-state index contributed by atoms with van der Waals surface area (Å²) < 4.78 is 6.98. The maximum absolute atomic E-state index is 12.9. The summed E-state index contributed by atoms with van der Waals surface area (Å²) in [6, 6.07) is 0. The lowest BCUT2D eigenvalue weighted by Crippen LogP contribution is -2.38. The second-order valence-corrected chi connectivity index (χ2v) is 7.79. The van der Waals surface area contributed by atoms with Gasteiger partial charge in [-0.2, -0.15) is 4.68 Å². The Hall–Kier alpha value is -1.84. The van der Waals surface area contributed by atoms with Gasteiger partial charge in [-0.15, -0.1) is 16.4 Å². The van der Waals surface area contributed by atoms with E-state index in [4.69, 9.17) is 4.74 Å². The van der Waals surface area contributed by atoms with Crippen LogP contribution in [0.3, 0.4) is 0 Å². The molecular formula is C17H24N6O2S. The monoisotopic (exact) mass is 376 g/mol. The minimum atomic E-state index is -0.00289. The van der Waals surface area contributed by atoms with Crippen LogP contribution in [0.4, 0.5) is 0 Å². The number of morpholine rings is 1. The molecule has 0 unspecified atom stereocenters. The lowest BCUT2D eigenvalue weighted by atomic mass is 9.95. The highest BCUT2D eigenvalue weighted by Crippen LogP contribution is 2.36. The van der Waals surface area contributed by atoms with Crippen LogP contribution in [0.2, 0.25) is 0 Å². The Balaban J connectivity index is 1.42. The maximum atomic E-state index is 12.9. The fourth-order valence-electron chi connectivity index (χ4n) is 3.62. The number of aromatic nitrogens is 4. The minimum absolute atomic E-state index is 0.00289. The Morgan fingerprint density at radius 3 is 2.92 bits per heavy atom. The third-order valence-corrected chi connectivity index (χ3v) is 6.26. The average molecular weight is 376 g/mol. The lowest BCUT2D eigenvalue weighted by Gasteiger charge is -2.26. The van der Waals surface area contributed by atoms with Gasteiger partial charge in [0.1, 0.15) is 11.3 Å². The van der Waals surface area contributed by atoms with E-state index < -0.39 is 0 Å². The quantitative estimate of drug-likeness (QED) is 0.759. The molecule has 1 saturated heterocycles. The Kier molecular flexibility index (Phi) is 5.57. The van der Waals surface area contributed by atoms with Crippen molar-refractivity contribution in [3.8, 4) is 5.00 Å². The van der Waals surface area contributed by atoms with Gasteiger partial charge in [0.15, 0.2) is 0 Å². The van der Waals surface area contributed by atoms with Gasteiger partial charge in [-0.05, 0) is 54.6 Å². The summed E-state index contributed by atoms with van der Waals surface area (Å²) in [6.45, 7) is 5.25. The third-order valence-electron chi connectivity index (χ3n) is 4.98. The van der Waals surface area contributed by atoms with Crippen molar-refractivity contribution in [2.24, 2.45) is 0 Å². The van der Waals surface area contributed by atoms with E-state index in [-0.39, 0.29) is 5.91 Å². The SMILES string of the molecule is O=C(NCCCN1CCOCC1)c1c(-n2cnnn2)sc2c1CCCC2. The largest absolute Gasteiger partial charge is 0.379 e. The van der Waals surface area contributed by atoms with E-state index in [1.807, 2.05) is 0 Å². The number of aryl methyl sites for hydroxylation is 1. The van der Waals surface area contributed by atoms with Crippen LogP contribution >= 0.6 is 11.3 Å². The molecule has 0 spiro atoms. The summed E-state index contributed by atoms with van der Waals surface area (Å²) in [7, 11) is 0. The summed E-state index contributed by atoms with van der Waals surface area (Å²) in [5, 5.41) is 15.4. The molecule has 4 rings (SSSR count). The van der Waals surface area contributed by atoms with Crippen molar-refractivity contribution in [2.75, 3.05) is 39.4 Å². The third kappa shape index (κ3) is 3.79. The number of rotatable bonds is 6. The van der Waals surface area contributed by atoms with E-state index in [0.29, 0.717) is 6.54 Å². The molecule has 0 aromatic carbocycles. The van der Waals surface area contributed by atoms with Gasteiger partial charge >= 0.3 is 0 Å². The number of amides is 1. The number of carbonyl (C=O) groups excluding carboxylic acids is 1. The van der Waals surface area contributed by atoms with Gasteiger partial charge in [0.2, 0.25) is 0 Å². The van der Waals surface area contributed by atoms with E-state index in [9.17, 15) is 4.79 Å². The second-order valence-electron chi connectivity index (χ2n) is 6.71. The van der Waals surface area contributed by atoms with Crippen molar-refractivity contribution in [1.82, 2.24) is 30.4 Å². The van der Waals surface area contributed by atoms with Gasteiger partial charge in [0.25, 0.3) is 5.91 Å². The van der Waals surface area contributed by atoms with Crippen molar-refractivity contribution >= 4 is 17.2 Å². The van der Waals surface area contributed by atoms with Crippen LogP contribution in [-0.4, -0.2) is 70.4 Å². The topological polar surface area (TPSA) is 85.2 Å². The van der Waals surface area contributed by atoms with Crippen molar-refractivity contribution in [3.05, 3.63) is 22.3 Å². The molecule has 1 aliphatic heterocycles. The highest BCUT2D eigenvalue weighted by atomic mass is 32.1. The number of ether oxygens (including phenoxy) is 1. The van der Waals surface area contributed by atoms with E-state index in [1.165, 1.54) is 16.9 Å². The number of nitrogens with one attached hydrogen (secondary N) is 1. The highest BCUT2D eigenvalue weighted by Gasteiger charge is 2.26. The van der Waals surface area contributed by atoms with Crippen molar-refractivity contribution < 1.29 is 9.53 Å². The van der Waals surface area contributed by atoms with Crippen LogP contribution in [0, 0.1) is 0 Å². The number of hydrogen-bond donors (Lipinski definition) is 1. The number of thiophene rings is 1. The molecule has 1 fully saturated rings. The van der Waals surface area contributed by atoms with Gasteiger partial charge in [-0.25, -0.2) is 0 Å². The molecule has 9 heteroatoms. The molecule has 0 bridgehead atoms. The number of hydrogen-bond acceptors (Lipinski definition) is 7. The Morgan fingerprint density at radius 2 is 2.12 bits per heavy atom. The maximum Gasteiger partial charge on any atom is 0.254 e. The Bertz CT molecular complexity index is 739. The molecule has 1 N–H and O–H groups in total. The molecule has 2 aromatic heterocycles. The predicted octanol–water partition coefficient (Wildman–Crippen LogP) is 1.05. The molecule has 0 radical (unpaired) electrons. The standard InChI is InChI=1S/C17H24N6O2S/c24-16(18-6-3-7-22-8-10-25-11-9-22)15-13-4-1-2-5-14(13)26-17(15)23-12-19-20-21-23/h12H,1-11H2,(H,18,24). The normalized spacial score (nSPS) is 17.8. The van der Waals surface area contributed by atoms with Crippen molar-refractivity contribution in [3.63, 3.8) is 0 Å². The molecule has 0 saturated carbocycles. The van der Waals surface area contributed by atoms with E-state index in [0.717, 1.165) is 69.1 Å². The first-order chi connectivity index (χ1) is 12.8. The molecule has 26 heavy (non-hydrogen) atoms. The van der Waals surface area contributed by atoms with E-state index in [2.05, 4.69) is 25.7 Å². The Labute approximate surface area is 156 Å². The van der Waals surface area contributed by atoms with E-state index in [1.54, 1.807) is 22.3 Å². The molecule has 8 nitrogen and oxygen atoms in total. The summed E-state index contributed by atoms with van der Waals surface area (Å²) in [4.78, 5) is 16.6. The molecule has 140 valence electrons. The van der Waals surface area contributed by atoms with Crippen LogP contribution in [0.25, 0.3) is 5.00 Å². The second kappa shape index (κ2) is 8.24. The highest BCUT2D eigenvalue weighted by molar-refractivity contribution is 7.15. The van der Waals surface area contributed by atoms with Crippen LogP contribution in [-0.2, 0) is 17.6 Å². The Morgan fingerprint density at radius 1 is 1.27 bits per heavy atom. The summed E-state index contributed by atoms with van der Waals surface area (Å²) >= 11 is 1.65. The predicted molar refractivity (Wildman–Crippen MR) is 97.9 cm³/mol. The molecule has 3 heterocycles. The van der Waals surface area contributed by atoms with Crippen LogP contribution in [0.1, 0.15) is 40.1 Å². The summed E-state index contributed by atoms with van der Waals surface area (Å²) in [5.41, 5.74) is 1.96. The van der Waals surface area contributed by atoms with Gasteiger partial charge < -0.3 is 10.1 Å². The average Bonchev–Trinajstić information content (AvgIpc) is 3.33. The first-order valence-corrected chi connectivity index (χ1v) is 10.1. The van der Waals surface area contributed by atoms with Crippen LogP contribution in [0.15, 0.2) is 6.33 Å². The van der Waals surface area contributed by atoms with Gasteiger partial charge in [0.05, 0.1) is 18.8 Å². The number of nitrogens with zero attached hydrogens (tertiary/aromatic N) is 5. The number of carbonyl (C=O) groups is 1. The van der Waals surface area contributed by atoms with Gasteiger partial charge in [-0.3, -0.25) is 9.69 Å². The molecule has 2 aromatic rings. The van der Waals surface area contributed by atoms with Gasteiger partial charge in [-0.1, -0.05) is 0 Å². The lowest BCUT2D eigenvalue weighted by molar-refractivity contribution is 0.0374. The molecule has 2 aliphatic rings. The summed E-state index contributed by atoms with van der Waals surface area (Å²) in [6.07, 6.45) is 6.83. The molecular weight excluding hydrogens is 352 g/mol. The van der Waals surface area contributed by atoms with Crippen LogP contribution in [0.5, 0.6) is 0 Å². The molecule has 0 atom stereocenters. The number of fused-ring (bicyclic) bond motifs is 1. The first kappa shape index (κ1) is 17.6. The minimum Gasteiger partial charge on any atom is -0.379 e.